The molecular formula is C12H9NO2S. The minimum absolute atomic E-state index is 0.481. The second kappa shape index (κ2) is 4.77. The number of esters is 1. The zero-order valence-electron chi connectivity index (χ0n) is 8.69. The van der Waals surface area contributed by atoms with Gasteiger partial charge >= 0.3 is 5.97 Å². The van der Waals surface area contributed by atoms with Crippen LogP contribution >= 0.6 is 11.3 Å². The van der Waals surface area contributed by atoms with Gasteiger partial charge in [-0.3, -0.25) is 0 Å². The molecule has 0 fully saturated rings. The van der Waals surface area contributed by atoms with E-state index in [0.29, 0.717) is 6.42 Å². The lowest BCUT2D eigenvalue weighted by Gasteiger charge is -1.84. The van der Waals surface area contributed by atoms with Gasteiger partial charge in [0.15, 0.2) is 0 Å². The van der Waals surface area contributed by atoms with Gasteiger partial charge in [0.05, 0.1) is 23.7 Å². The number of aromatic nitrogens is 1. The quantitative estimate of drug-likeness (QED) is 0.428. The van der Waals surface area contributed by atoms with Crippen molar-refractivity contribution >= 4 is 27.5 Å². The lowest BCUT2D eigenvalue weighted by molar-refractivity contribution is -0.133. The summed E-state index contributed by atoms with van der Waals surface area (Å²) in [6, 6.07) is 7.91. The summed E-state index contributed by atoms with van der Waals surface area (Å²) in [6.45, 7) is 0. The monoisotopic (exact) mass is 231 g/mol. The zero-order valence-corrected chi connectivity index (χ0v) is 9.50. The summed E-state index contributed by atoms with van der Waals surface area (Å²) in [6.07, 6.45) is 0.481. The van der Waals surface area contributed by atoms with Crippen molar-refractivity contribution in [2.75, 3.05) is 7.11 Å². The van der Waals surface area contributed by atoms with E-state index in [1.54, 1.807) is 11.3 Å². The number of methoxy groups -OCH3 is 1. The summed E-state index contributed by atoms with van der Waals surface area (Å²) < 4.78 is 5.55. The van der Waals surface area contributed by atoms with E-state index >= 15 is 0 Å². The molecule has 2 rings (SSSR count). The summed E-state index contributed by atoms with van der Waals surface area (Å²) >= 11 is 1.59. The van der Waals surface area contributed by atoms with Crippen molar-refractivity contribution in [3.8, 4) is 11.8 Å². The Labute approximate surface area is 97.1 Å². The molecule has 1 aromatic carbocycles. The van der Waals surface area contributed by atoms with E-state index in [4.69, 9.17) is 0 Å². The van der Waals surface area contributed by atoms with Gasteiger partial charge in [0.25, 0.3) is 0 Å². The number of thiazole rings is 1. The van der Waals surface area contributed by atoms with Gasteiger partial charge in [-0.1, -0.05) is 18.1 Å². The summed E-state index contributed by atoms with van der Waals surface area (Å²) in [7, 11) is 1.31. The second-order valence-electron chi connectivity index (χ2n) is 3.05. The van der Waals surface area contributed by atoms with Gasteiger partial charge in [0.1, 0.15) is 5.01 Å². The molecule has 0 spiro atoms. The predicted molar refractivity (Wildman–Crippen MR) is 63.1 cm³/mol. The minimum atomic E-state index is -0.513. The molecule has 2 aromatic rings. The Kier molecular flexibility index (Phi) is 3.18. The molecule has 0 saturated heterocycles. The van der Waals surface area contributed by atoms with E-state index in [-0.39, 0.29) is 0 Å². The Morgan fingerprint density at radius 1 is 1.50 bits per heavy atom. The normalized spacial score (nSPS) is 9.56. The van der Waals surface area contributed by atoms with Crippen molar-refractivity contribution in [1.29, 1.82) is 0 Å². The maximum Gasteiger partial charge on any atom is 0.384 e. The third kappa shape index (κ3) is 2.38. The van der Waals surface area contributed by atoms with Crippen molar-refractivity contribution in [2.45, 2.75) is 6.42 Å². The van der Waals surface area contributed by atoms with Crippen LogP contribution < -0.4 is 0 Å². The van der Waals surface area contributed by atoms with Gasteiger partial charge < -0.3 is 4.74 Å². The van der Waals surface area contributed by atoms with Gasteiger partial charge in [-0.25, -0.2) is 9.78 Å². The standard InChI is InChI=1S/C12H9NO2S/c1-15-12(14)8-4-7-11-13-9-5-2-3-6-10(9)16-11/h2-3,5-6H,7H2,1H3. The fourth-order valence-corrected chi connectivity index (χ4v) is 2.15. The third-order valence-electron chi connectivity index (χ3n) is 1.95. The number of fused-ring (bicyclic) bond motifs is 1. The summed E-state index contributed by atoms with van der Waals surface area (Å²) in [5.74, 6) is 4.60. The Bertz CT molecular complexity index is 544. The third-order valence-corrected chi connectivity index (χ3v) is 2.99. The van der Waals surface area contributed by atoms with Crippen LogP contribution in [0, 0.1) is 11.8 Å². The number of ether oxygens (including phenoxy) is 1. The summed E-state index contributed by atoms with van der Waals surface area (Å²) in [5, 5.41) is 0.914. The highest BCUT2D eigenvalue weighted by atomic mass is 32.1. The number of carbonyl (C=O) groups is 1. The number of hydrogen-bond donors (Lipinski definition) is 0. The molecule has 0 radical (unpaired) electrons. The van der Waals surface area contributed by atoms with Crippen LogP contribution in [-0.4, -0.2) is 18.1 Å². The average molecular weight is 231 g/mol. The number of benzene rings is 1. The van der Waals surface area contributed by atoms with E-state index in [2.05, 4.69) is 21.6 Å². The highest BCUT2D eigenvalue weighted by Crippen LogP contribution is 2.21. The lowest BCUT2D eigenvalue weighted by atomic mass is 10.3. The van der Waals surface area contributed by atoms with Gasteiger partial charge in [-0.15, -0.1) is 11.3 Å². The maximum atomic E-state index is 10.8. The average Bonchev–Trinajstić information content (AvgIpc) is 2.71. The maximum absolute atomic E-state index is 10.8. The summed E-state index contributed by atoms with van der Waals surface area (Å²) in [5.41, 5.74) is 0.974. The summed E-state index contributed by atoms with van der Waals surface area (Å²) in [4.78, 5) is 15.2. The van der Waals surface area contributed by atoms with Crippen LogP contribution in [0.1, 0.15) is 5.01 Å². The largest absolute Gasteiger partial charge is 0.459 e. The molecule has 0 aliphatic heterocycles. The van der Waals surface area contributed by atoms with Crippen molar-refractivity contribution < 1.29 is 9.53 Å². The predicted octanol–water partition coefficient (Wildman–Crippen LogP) is 2.02. The van der Waals surface area contributed by atoms with Gasteiger partial charge in [-0.2, -0.15) is 0 Å². The van der Waals surface area contributed by atoms with E-state index in [1.807, 2.05) is 24.3 Å². The molecule has 80 valence electrons. The zero-order chi connectivity index (χ0) is 11.4. The first-order valence-corrected chi connectivity index (χ1v) is 5.52. The second-order valence-corrected chi connectivity index (χ2v) is 4.16. The van der Waals surface area contributed by atoms with Crippen molar-refractivity contribution in [3.63, 3.8) is 0 Å². The fourth-order valence-electron chi connectivity index (χ4n) is 1.24. The molecule has 0 bridgehead atoms. The molecule has 0 unspecified atom stereocenters. The van der Waals surface area contributed by atoms with Crippen LogP contribution in [0.5, 0.6) is 0 Å². The van der Waals surface area contributed by atoms with E-state index < -0.39 is 5.97 Å². The van der Waals surface area contributed by atoms with Crippen LogP contribution in [0.25, 0.3) is 10.2 Å². The highest BCUT2D eigenvalue weighted by Gasteiger charge is 2.00. The fraction of sp³-hybridized carbons (Fsp3) is 0.167. The SMILES string of the molecule is COC(=O)C#CCc1nc2ccccc2s1. The van der Waals surface area contributed by atoms with Gasteiger partial charge in [0, 0.05) is 5.92 Å². The molecule has 0 aliphatic rings. The Morgan fingerprint density at radius 2 is 2.31 bits per heavy atom. The van der Waals surface area contributed by atoms with Crippen LogP contribution in [0.15, 0.2) is 24.3 Å². The molecule has 1 aromatic heterocycles. The van der Waals surface area contributed by atoms with Crippen LogP contribution in [0.4, 0.5) is 0 Å². The molecule has 0 aliphatic carbocycles. The number of para-hydroxylation sites is 1. The molecule has 0 N–H and O–H groups in total. The smallest absolute Gasteiger partial charge is 0.384 e. The molecule has 3 nitrogen and oxygen atoms in total. The topological polar surface area (TPSA) is 39.2 Å². The van der Waals surface area contributed by atoms with Crippen molar-refractivity contribution in [3.05, 3.63) is 29.3 Å². The highest BCUT2D eigenvalue weighted by molar-refractivity contribution is 7.18. The van der Waals surface area contributed by atoms with Crippen LogP contribution in [0.2, 0.25) is 0 Å². The lowest BCUT2D eigenvalue weighted by Crippen LogP contribution is -1.94. The van der Waals surface area contributed by atoms with Crippen LogP contribution in [-0.2, 0) is 16.0 Å². The van der Waals surface area contributed by atoms with Crippen molar-refractivity contribution in [2.24, 2.45) is 0 Å². The van der Waals surface area contributed by atoms with E-state index in [1.165, 1.54) is 7.11 Å². The molecule has 4 heteroatoms. The van der Waals surface area contributed by atoms with E-state index in [9.17, 15) is 4.79 Å². The number of hydrogen-bond acceptors (Lipinski definition) is 4. The first kappa shape index (κ1) is 10.7. The molecular weight excluding hydrogens is 222 g/mol. The van der Waals surface area contributed by atoms with Gasteiger partial charge in [-0.05, 0) is 12.1 Å². The van der Waals surface area contributed by atoms with Crippen molar-refractivity contribution in [1.82, 2.24) is 4.98 Å². The first-order chi connectivity index (χ1) is 7.79. The Hall–Kier alpha value is -1.86. The minimum Gasteiger partial charge on any atom is -0.459 e. The molecule has 0 amide bonds. The Balaban J connectivity index is 2.15. The number of nitrogens with zero attached hydrogens (tertiary/aromatic N) is 1. The Morgan fingerprint density at radius 3 is 3.06 bits per heavy atom. The number of carbonyl (C=O) groups excluding carboxylic acids is 1. The van der Waals surface area contributed by atoms with E-state index in [0.717, 1.165) is 15.2 Å². The number of rotatable bonds is 1. The molecule has 16 heavy (non-hydrogen) atoms. The first-order valence-electron chi connectivity index (χ1n) is 4.71. The molecule has 0 saturated carbocycles. The van der Waals surface area contributed by atoms with Crippen LogP contribution in [0.3, 0.4) is 0 Å². The molecule has 0 atom stereocenters. The molecule has 1 heterocycles. The van der Waals surface area contributed by atoms with Gasteiger partial charge in [0.2, 0.25) is 0 Å².